The third kappa shape index (κ3) is 5.86. The van der Waals surface area contributed by atoms with Gasteiger partial charge < -0.3 is 9.47 Å². The van der Waals surface area contributed by atoms with Crippen LogP contribution in [-0.2, 0) is 11.3 Å². The molecule has 0 spiro atoms. The molecule has 0 N–H and O–H groups in total. The van der Waals surface area contributed by atoms with Crippen LogP contribution in [0.25, 0.3) is 0 Å². The number of alkyl halides is 2. The summed E-state index contributed by atoms with van der Waals surface area (Å²) in [4.78, 5) is 10.7. The Labute approximate surface area is 159 Å². The van der Waals surface area contributed by atoms with E-state index in [1.807, 2.05) is 44.2 Å². The molecule has 1 aliphatic carbocycles. The number of benzene rings is 2. The number of rotatable bonds is 6. The number of aldehydes is 1. The van der Waals surface area contributed by atoms with Crippen molar-refractivity contribution in [1.29, 1.82) is 0 Å². The molecule has 1 saturated carbocycles. The van der Waals surface area contributed by atoms with Crippen molar-refractivity contribution in [1.82, 2.24) is 0 Å². The SMILES string of the molecule is CC.O=Cc1ccc(OC2C(OCc3ccccc3)CCCC2(F)F)cc1. The van der Waals surface area contributed by atoms with Crippen LogP contribution in [0.3, 0.4) is 0 Å². The van der Waals surface area contributed by atoms with E-state index in [0.29, 0.717) is 30.4 Å². The Kier molecular flexibility index (Phi) is 7.92. The first-order valence-electron chi connectivity index (χ1n) is 9.34. The van der Waals surface area contributed by atoms with E-state index >= 15 is 0 Å². The normalized spacial score (nSPS) is 20.9. The molecule has 1 fully saturated rings. The number of carbonyl (C=O) groups is 1. The van der Waals surface area contributed by atoms with E-state index in [2.05, 4.69) is 0 Å². The molecule has 0 aliphatic heterocycles. The van der Waals surface area contributed by atoms with E-state index in [0.717, 1.165) is 5.56 Å². The van der Waals surface area contributed by atoms with Gasteiger partial charge in [0, 0.05) is 12.0 Å². The van der Waals surface area contributed by atoms with Crippen LogP contribution in [0.15, 0.2) is 54.6 Å². The molecule has 0 bridgehead atoms. The summed E-state index contributed by atoms with van der Waals surface area (Å²) in [6.45, 7) is 4.27. The summed E-state index contributed by atoms with van der Waals surface area (Å²) >= 11 is 0. The monoisotopic (exact) mass is 376 g/mol. The van der Waals surface area contributed by atoms with E-state index in [1.54, 1.807) is 12.1 Å². The van der Waals surface area contributed by atoms with Gasteiger partial charge in [-0.15, -0.1) is 0 Å². The fraction of sp³-hybridized carbons (Fsp3) is 0.409. The minimum absolute atomic E-state index is 0.213. The molecule has 2 unspecified atom stereocenters. The molecule has 0 radical (unpaired) electrons. The van der Waals surface area contributed by atoms with Crippen LogP contribution in [0, 0.1) is 0 Å². The highest BCUT2D eigenvalue weighted by Crippen LogP contribution is 2.38. The summed E-state index contributed by atoms with van der Waals surface area (Å²) in [5.41, 5.74) is 1.41. The summed E-state index contributed by atoms with van der Waals surface area (Å²) in [7, 11) is 0. The van der Waals surface area contributed by atoms with Gasteiger partial charge in [0.05, 0.1) is 6.61 Å². The first kappa shape index (κ1) is 21.0. The van der Waals surface area contributed by atoms with Gasteiger partial charge in [-0.2, -0.15) is 0 Å². The van der Waals surface area contributed by atoms with Crippen molar-refractivity contribution in [3.05, 3.63) is 65.7 Å². The Morgan fingerprint density at radius 2 is 1.74 bits per heavy atom. The summed E-state index contributed by atoms with van der Waals surface area (Å²) < 4.78 is 40.2. The number of carbonyl (C=O) groups excluding carboxylic acids is 1. The Morgan fingerprint density at radius 1 is 1.07 bits per heavy atom. The minimum Gasteiger partial charge on any atom is -0.481 e. The zero-order valence-electron chi connectivity index (χ0n) is 15.7. The molecule has 146 valence electrons. The number of ether oxygens (including phenoxy) is 2. The van der Waals surface area contributed by atoms with Crippen LogP contribution in [0.2, 0.25) is 0 Å². The second-order valence-corrected chi connectivity index (χ2v) is 6.21. The van der Waals surface area contributed by atoms with Crippen molar-refractivity contribution in [3.8, 4) is 5.75 Å². The van der Waals surface area contributed by atoms with Crippen LogP contribution < -0.4 is 4.74 Å². The Hall–Kier alpha value is -2.27. The van der Waals surface area contributed by atoms with E-state index < -0.39 is 18.1 Å². The molecule has 3 nitrogen and oxygen atoms in total. The summed E-state index contributed by atoms with van der Waals surface area (Å²) in [6, 6.07) is 15.6. The summed E-state index contributed by atoms with van der Waals surface area (Å²) in [5, 5.41) is 0. The van der Waals surface area contributed by atoms with Gasteiger partial charge in [0.15, 0.2) is 6.10 Å². The lowest BCUT2D eigenvalue weighted by molar-refractivity contribution is -0.181. The molecular formula is C22H26F2O3. The van der Waals surface area contributed by atoms with Gasteiger partial charge in [-0.05, 0) is 42.7 Å². The third-order valence-corrected chi connectivity index (χ3v) is 4.34. The van der Waals surface area contributed by atoms with Crippen LogP contribution in [0.4, 0.5) is 8.78 Å². The molecule has 0 amide bonds. The largest absolute Gasteiger partial charge is 0.481 e. The van der Waals surface area contributed by atoms with Gasteiger partial charge in [0.25, 0.3) is 5.92 Å². The molecule has 0 aromatic heterocycles. The Bertz CT molecular complexity index is 686. The third-order valence-electron chi connectivity index (χ3n) is 4.34. The van der Waals surface area contributed by atoms with Crippen molar-refractivity contribution in [3.63, 3.8) is 0 Å². The minimum atomic E-state index is -2.96. The fourth-order valence-electron chi connectivity index (χ4n) is 2.99. The highest BCUT2D eigenvalue weighted by molar-refractivity contribution is 5.74. The lowest BCUT2D eigenvalue weighted by atomic mass is 9.90. The maximum Gasteiger partial charge on any atom is 0.286 e. The van der Waals surface area contributed by atoms with Crippen molar-refractivity contribution in [2.24, 2.45) is 0 Å². The topological polar surface area (TPSA) is 35.5 Å². The summed E-state index contributed by atoms with van der Waals surface area (Å²) in [5.74, 6) is -2.64. The number of hydrogen-bond acceptors (Lipinski definition) is 3. The molecule has 5 heteroatoms. The predicted molar refractivity (Wildman–Crippen MR) is 101 cm³/mol. The average Bonchev–Trinajstić information content (AvgIpc) is 2.71. The van der Waals surface area contributed by atoms with E-state index in [-0.39, 0.29) is 13.0 Å². The maximum atomic E-state index is 14.4. The van der Waals surface area contributed by atoms with Crippen LogP contribution in [0.1, 0.15) is 49.0 Å². The number of halogens is 2. The van der Waals surface area contributed by atoms with E-state index in [9.17, 15) is 13.6 Å². The quantitative estimate of drug-likeness (QED) is 0.609. The fourth-order valence-corrected chi connectivity index (χ4v) is 2.99. The van der Waals surface area contributed by atoms with Gasteiger partial charge in [-0.3, -0.25) is 4.79 Å². The first-order valence-corrected chi connectivity index (χ1v) is 9.34. The van der Waals surface area contributed by atoms with E-state index in [4.69, 9.17) is 9.47 Å². The van der Waals surface area contributed by atoms with Gasteiger partial charge in [-0.25, -0.2) is 8.78 Å². The molecule has 0 saturated heterocycles. The molecule has 0 heterocycles. The zero-order valence-corrected chi connectivity index (χ0v) is 15.7. The van der Waals surface area contributed by atoms with Crippen molar-refractivity contribution in [2.45, 2.75) is 57.8 Å². The zero-order chi connectivity index (χ0) is 19.7. The van der Waals surface area contributed by atoms with Crippen LogP contribution in [0.5, 0.6) is 5.75 Å². The van der Waals surface area contributed by atoms with Gasteiger partial charge >= 0.3 is 0 Å². The molecule has 2 aromatic carbocycles. The highest BCUT2D eigenvalue weighted by atomic mass is 19.3. The van der Waals surface area contributed by atoms with Crippen molar-refractivity contribution < 1.29 is 23.0 Å². The average molecular weight is 376 g/mol. The lowest BCUT2D eigenvalue weighted by Gasteiger charge is -2.37. The highest BCUT2D eigenvalue weighted by Gasteiger charge is 2.49. The Balaban J connectivity index is 0.00000126. The number of hydrogen-bond donors (Lipinski definition) is 0. The summed E-state index contributed by atoms with van der Waals surface area (Å²) in [6.07, 6.45) is -0.614. The predicted octanol–water partition coefficient (Wildman–Crippen LogP) is 5.68. The Morgan fingerprint density at radius 3 is 2.37 bits per heavy atom. The van der Waals surface area contributed by atoms with E-state index in [1.165, 1.54) is 12.1 Å². The van der Waals surface area contributed by atoms with Crippen LogP contribution in [-0.4, -0.2) is 24.4 Å². The van der Waals surface area contributed by atoms with Gasteiger partial charge in [0.1, 0.15) is 18.1 Å². The molecule has 1 aliphatic rings. The molecule has 3 rings (SSSR count). The molecule has 2 aromatic rings. The van der Waals surface area contributed by atoms with Gasteiger partial charge in [0.2, 0.25) is 0 Å². The lowest BCUT2D eigenvalue weighted by Crippen LogP contribution is -2.51. The van der Waals surface area contributed by atoms with Gasteiger partial charge in [-0.1, -0.05) is 44.2 Å². The molecular weight excluding hydrogens is 350 g/mol. The second kappa shape index (κ2) is 10.2. The van der Waals surface area contributed by atoms with Crippen LogP contribution >= 0.6 is 0 Å². The maximum absolute atomic E-state index is 14.4. The first-order chi connectivity index (χ1) is 13.1. The smallest absolute Gasteiger partial charge is 0.286 e. The van der Waals surface area contributed by atoms with Crippen molar-refractivity contribution >= 4 is 6.29 Å². The van der Waals surface area contributed by atoms with Crippen molar-refractivity contribution in [2.75, 3.05) is 0 Å². The second-order valence-electron chi connectivity index (χ2n) is 6.21. The molecule has 2 atom stereocenters. The standard InChI is InChI=1S/C20H20F2O3.C2H6/c21-20(22)12-4-7-18(24-14-16-5-2-1-3-6-16)19(20)25-17-10-8-15(13-23)9-11-17;1-2/h1-3,5-6,8-11,13,18-19H,4,7,12,14H2;1-2H3. The molecule has 27 heavy (non-hydrogen) atoms.